The van der Waals surface area contributed by atoms with E-state index in [4.69, 9.17) is 19.6 Å². The van der Waals surface area contributed by atoms with Crippen LogP contribution in [0.25, 0.3) is 0 Å². The monoisotopic (exact) mass is 480 g/mol. The molecule has 1 amide bonds. The first-order chi connectivity index (χ1) is 17.0. The first-order valence-electron chi connectivity index (χ1n) is 12.6. The molecule has 0 unspecified atom stereocenters. The van der Waals surface area contributed by atoms with Gasteiger partial charge in [-0.2, -0.15) is 0 Å². The maximum atomic E-state index is 14.4. The molecule has 4 aliphatic heterocycles. The zero-order chi connectivity index (χ0) is 24.1. The average Bonchev–Trinajstić information content (AvgIpc) is 3.48. The lowest BCUT2D eigenvalue weighted by Gasteiger charge is -2.36. The second-order valence-corrected chi connectivity index (χ2v) is 10.2. The smallest absolute Gasteiger partial charge is 0.331 e. The highest BCUT2D eigenvalue weighted by molar-refractivity contribution is 6.02. The van der Waals surface area contributed by atoms with Crippen molar-refractivity contribution in [3.8, 4) is 5.75 Å². The number of hydrogen-bond donors (Lipinski definition) is 0. The van der Waals surface area contributed by atoms with Gasteiger partial charge in [-0.05, 0) is 55.6 Å². The molecule has 0 radical (unpaired) electrons. The van der Waals surface area contributed by atoms with Gasteiger partial charge in [0.15, 0.2) is 6.79 Å². The van der Waals surface area contributed by atoms with E-state index >= 15 is 0 Å². The quantitative estimate of drug-likeness (QED) is 0.632. The maximum absolute atomic E-state index is 14.4. The molecule has 1 aromatic heterocycles. The molecule has 8 nitrogen and oxygen atoms in total. The Morgan fingerprint density at radius 2 is 2.11 bits per heavy atom. The van der Waals surface area contributed by atoms with E-state index in [-0.39, 0.29) is 30.9 Å². The van der Waals surface area contributed by atoms with Crippen LogP contribution in [-0.2, 0) is 17.8 Å². The Bertz CT molecular complexity index is 1220. The lowest BCUT2D eigenvalue weighted by atomic mass is 9.94. The number of piperidine rings is 1. The van der Waals surface area contributed by atoms with Crippen LogP contribution in [0.1, 0.15) is 59.9 Å². The van der Waals surface area contributed by atoms with Gasteiger partial charge < -0.3 is 19.3 Å². The predicted octanol–water partition coefficient (Wildman–Crippen LogP) is 2.98. The summed E-state index contributed by atoms with van der Waals surface area (Å²) in [7, 11) is 0. The first-order valence-corrected chi connectivity index (χ1v) is 12.6. The Hall–Kier alpha value is -3.07. The van der Waals surface area contributed by atoms with Crippen molar-refractivity contribution in [1.29, 1.82) is 0 Å². The molecule has 0 aliphatic carbocycles. The summed E-state index contributed by atoms with van der Waals surface area (Å²) in [6.45, 7) is 7.32. The van der Waals surface area contributed by atoms with E-state index in [1.807, 2.05) is 9.58 Å². The number of aromatic nitrogens is 2. The number of likely N-dealkylation sites (tertiary alicyclic amines) is 1. The Kier molecular flexibility index (Phi) is 5.67. The molecule has 184 valence electrons. The summed E-state index contributed by atoms with van der Waals surface area (Å²) in [6.07, 6.45) is 6.60. The average molecular weight is 481 g/mol. The van der Waals surface area contributed by atoms with Crippen LogP contribution in [0.3, 0.4) is 0 Å². The van der Waals surface area contributed by atoms with Gasteiger partial charge in [-0.15, -0.1) is 4.68 Å². The van der Waals surface area contributed by atoms with Gasteiger partial charge in [0.1, 0.15) is 24.2 Å². The number of ether oxygens (including phenoxy) is 2. The zero-order valence-electron chi connectivity index (χ0n) is 20.3. The summed E-state index contributed by atoms with van der Waals surface area (Å²) >= 11 is 0. The highest BCUT2D eigenvalue weighted by atomic mass is 19.1. The number of hydrogen-bond acceptors (Lipinski definition) is 6. The van der Waals surface area contributed by atoms with Crippen LogP contribution in [0.5, 0.6) is 5.75 Å². The van der Waals surface area contributed by atoms with Gasteiger partial charge in [-0.3, -0.25) is 4.79 Å². The predicted molar refractivity (Wildman–Crippen MR) is 127 cm³/mol. The van der Waals surface area contributed by atoms with E-state index in [9.17, 15) is 9.18 Å². The fraction of sp³-hybridized carbons (Fsp3) is 0.538. The minimum absolute atomic E-state index is 0.0597. The first kappa shape index (κ1) is 22.4. The molecule has 5 heterocycles. The van der Waals surface area contributed by atoms with Gasteiger partial charge >= 0.3 is 5.82 Å². The van der Waals surface area contributed by atoms with Gasteiger partial charge in [-0.25, -0.2) is 4.39 Å². The van der Waals surface area contributed by atoms with Crippen molar-refractivity contribution >= 4 is 17.4 Å². The third kappa shape index (κ3) is 4.05. The van der Waals surface area contributed by atoms with Gasteiger partial charge in [0.25, 0.3) is 5.91 Å². The molecule has 4 aliphatic rings. The molecule has 2 atom stereocenters. The number of carbonyl (C=O) groups excluding carboxylic acids is 1. The molecule has 6 rings (SSSR count). The van der Waals surface area contributed by atoms with Crippen molar-refractivity contribution in [2.45, 2.75) is 58.6 Å². The van der Waals surface area contributed by atoms with E-state index in [1.165, 1.54) is 18.6 Å². The highest BCUT2D eigenvalue weighted by Crippen LogP contribution is 2.33. The summed E-state index contributed by atoms with van der Waals surface area (Å²) in [4.78, 5) is 22.9. The molecule has 0 bridgehead atoms. The number of aryl methyl sites for hydroxylation is 1. The van der Waals surface area contributed by atoms with Crippen molar-refractivity contribution in [2.24, 2.45) is 11.0 Å². The third-order valence-electron chi connectivity index (χ3n) is 7.52. The fourth-order valence-electron chi connectivity index (χ4n) is 5.77. The molecule has 0 spiro atoms. The van der Waals surface area contributed by atoms with Crippen molar-refractivity contribution in [3.05, 3.63) is 46.7 Å². The summed E-state index contributed by atoms with van der Waals surface area (Å²) in [5.74, 6) is 2.38. The van der Waals surface area contributed by atoms with Crippen LogP contribution in [0, 0.1) is 18.7 Å². The summed E-state index contributed by atoms with van der Waals surface area (Å²) in [5.41, 5.74) is 2.87. The zero-order valence-corrected chi connectivity index (χ0v) is 20.3. The van der Waals surface area contributed by atoms with Crippen molar-refractivity contribution < 1.29 is 23.3 Å². The van der Waals surface area contributed by atoms with Crippen molar-refractivity contribution in [2.75, 3.05) is 31.3 Å². The molecule has 0 saturated carbocycles. The van der Waals surface area contributed by atoms with Crippen LogP contribution in [0.2, 0.25) is 0 Å². The molecule has 9 heteroatoms. The lowest BCUT2D eigenvalue weighted by Crippen LogP contribution is -2.48. The standard InChI is InChI=1S/C26H31FN5O3/c1-16-6-8-30(12-16)25-17(2)13-32-23(28-25)11-21(29-32)22-5-3-4-7-31(22)26(33)20-10-19(27)9-18-14-34-15-35-24(18)20/h9-10,13,16,22H,3-8,11-12,14-15H2,1-2H3/q+1/t16-,22-/m0/s1. The second kappa shape index (κ2) is 8.86. The Morgan fingerprint density at radius 3 is 2.94 bits per heavy atom. The number of anilines is 1. The van der Waals surface area contributed by atoms with E-state index in [1.54, 1.807) is 0 Å². The Morgan fingerprint density at radius 1 is 1.23 bits per heavy atom. The van der Waals surface area contributed by atoms with Crippen LogP contribution < -0.4 is 14.3 Å². The molecule has 0 N–H and O–H groups in total. The second-order valence-electron chi connectivity index (χ2n) is 10.2. The van der Waals surface area contributed by atoms with Crippen LogP contribution >= 0.6 is 0 Å². The van der Waals surface area contributed by atoms with E-state index in [0.717, 1.165) is 55.3 Å². The van der Waals surface area contributed by atoms with Gasteiger partial charge in [0, 0.05) is 25.2 Å². The minimum atomic E-state index is -0.459. The molecular weight excluding hydrogens is 449 g/mol. The number of nitrogens with zero attached hydrogens (tertiary/aromatic N) is 5. The largest absolute Gasteiger partial charge is 0.466 e. The number of fused-ring (bicyclic) bond motifs is 2. The maximum Gasteiger partial charge on any atom is 0.331 e. The Labute approximate surface area is 204 Å². The van der Waals surface area contributed by atoms with Gasteiger partial charge in [-0.1, -0.05) is 12.0 Å². The Balaban J connectivity index is 1.28. The molecule has 2 aromatic rings. The van der Waals surface area contributed by atoms with Crippen molar-refractivity contribution in [3.63, 3.8) is 0 Å². The van der Waals surface area contributed by atoms with Gasteiger partial charge in [0.2, 0.25) is 5.82 Å². The van der Waals surface area contributed by atoms with Crippen LogP contribution in [0.15, 0.2) is 23.4 Å². The number of benzene rings is 1. The number of amides is 1. The molecule has 2 saturated heterocycles. The minimum Gasteiger partial charge on any atom is -0.466 e. The third-order valence-corrected chi connectivity index (χ3v) is 7.52. The summed E-state index contributed by atoms with van der Waals surface area (Å²) < 4.78 is 27.2. The normalized spacial score (nSPS) is 23.6. The molecular formula is C26H31FN5O3+. The SMILES string of the molecule is Cc1c[n+]2c(nc1N1CC[C@H](C)C1)CC([C@@H]1CCCCN1C(=O)c1cc(F)cc3c1OCOC3)=N2. The fourth-order valence-corrected chi connectivity index (χ4v) is 5.77. The molecule has 1 aromatic carbocycles. The van der Waals surface area contributed by atoms with Crippen molar-refractivity contribution in [1.82, 2.24) is 9.88 Å². The van der Waals surface area contributed by atoms with Gasteiger partial charge in [0.05, 0.1) is 29.5 Å². The number of carbonyl (C=O) groups is 1. The highest BCUT2D eigenvalue weighted by Gasteiger charge is 2.39. The lowest BCUT2D eigenvalue weighted by molar-refractivity contribution is -0.683. The van der Waals surface area contributed by atoms with E-state index < -0.39 is 5.82 Å². The van der Waals surface area contributed by atoms with Crippen LogP contribution in [-0.4, -0.2) is 54.0 Å². The number of rotatable bonds is 3. The topological polar surface area (TPSA) is 71.1 Å². The molecule has 2 fully saturated rings. The molecule has 35 heavy (non-hydrogen) atoms. The van der Waals surface area contributed by atoms with E-state index in [2.05, 4.69) is 24.9 Å². The van der Waals surface area contributed by atoms with E-state index in [0.29, 0.717) is 30.2 Å². The number of halogens is 1. The van der Waals surface area contributed by atoms with Crippen LogP contribution in [0.4, 0.5) is 10.2 Å². The summed E-state index contributed by atoms with van der Waals surface area (Å²) in [6, 6.07) is 2.51. The summed E-state index contributed by atoms with van der Waals surface area (Å²) in [5, 5.41) is 4.88.